The van der Waals surface area contributed by atoms with Crippen molar-refractivity contribution < 1.29 is 4.79 Å². The molecule has 0 heterocycles. The zero-order valence-electron chi connectivity index (χ0n) is 10.5. The van der Waals surface area contributed by atoms with E-state index >= 15 is 0 Å². The van der Waals surface area contributed by atoms with Gasteiger partial charge in [0.1, 0.15) is 0 Å². The number of nitrogens with one attached hydrogen (secondary N) is 2. The van der Waals surface area contributed by atoms with E-state index in [9.17, 15) is 4.79 Å². The molecule has 0 aliphatic rings. The van der Waals surface area contributed by atoms with E-state index in [1.165, 1.54) is 16.7 Å². The summed E-state index contributed by atoms with van der Waals surface area (Å²) in [5, 5.41) is 5.95. The molecule has 2 N–H and O–H groups in total. The van der Waals surface area contributed by atoms with Crippen molar-refractivity contribution in [3.8, 4) is 0 Å². The standard InChI is InChI=1S/C13H20N2O/c1-5-14-12(16)8-15-13-10(3)6-9(2)7-11(13)4/h6-7,15H,5,8H2,1-4H3,(H,14,16). The van der Waals surface area contributed by atoms with Crippen molar-refractivity contribution >= 4 is 11.6 Å². The molecule has 0 saturated heterocycles. The Balaban J connectivity index is 2.70. The third kappa shape index (κ3) is 3.26. The average Bonchev–Trinajstić information content (AvgIpc) is 2.16. The van der Waals surface area contributed by atoms with E-state index in [4.69, 9.17) is 0 Å². The molecule has 0 aliphatic carbocycles. The van der Waals surface area contributed by atoms with Gasteiger partial charge in [0.25, 0.3) is 0 Å². The van der Waals surface area contributed by atoms with Gasteiger partial charge in [0.05, 0.1) is 6.54 Å². The molecule has 16 heavy (non-hydrogen) atoms. The number of hydrogen-bond acceptors (Lipinski definition) is 2. The predicted molar refractivity (Wildman–Crippen MR) is 67.8 cm³/mol. The fourth-order valence-electron chi connectivity index (χ4n) is 1.89. The topological polar surface area (TPSA) is 41.1 Å². The molecule has 3 heteroatoms. The van der Waals surface area contributed by atoms with Crippen LogP contribution in [-0.4, -0.2) is 19.0 Å². The molecule has 0 bridgehead atoms. The number of aryl methyl sites for hydroxylation is 3. The molecule has 0 aliphatic heterocycles. The second kappa shape index (κ2) is 5.54. The summed E-state index contributed by atoms with van der Waals surface area (Å²) in [5.74, 6) is 0.0295. The number of anilines is 1. The van der Waals surface area contributed by atoms with Crippen molar-refractivity contribution in [2.75, 3.05) is 18.4 Å². The summed E-state index contributed by atoms with van der Waals surface area (Å²) < 4.78 is 0. The number of hydrogen-bond donors (Lipinski definition) is 2. The Bertz CT molecular complexity index is 363. The summed E-state index contributed by atoms with van der Waals surface area (Å²) in [5.41, 5.74) is 4.68. The van der Waals surface area contributed by atoms with E-state index in [-0.39, 0.29) is 5.91 Å². The minimum Gasteiger partial charge on any atom is -0.376 e. The number of rotatable bonds is 4. The van der Waals surface area contributed by atoms with Crippen molar-refractivity contribution in [1.29, 1.82) is 0 Å². The number of carbonyl (C=O) groups is 1. The van der Waals surface area contributed by atoms with Crippen LogP contribution in [0, 0.1) is 20.8 Å². The molecule has 0 spiro atoms. The maximum Gasteiger partial charge on any atom is 0.239 e. The van der Waals surface area contributed by atoms with E-state index in [0.29, 0.717) is 13.1 Å². The summed E-state index contributed by atoms with van der Waals surface area (Å²) in [4.78, 5) is 11.3. The van der Waals surface area contributed by atoms with Gasteiger partial charge < -0.3 is 10.6 Å². The Hall–Kier alpha value is -1.51. The van der Waals surface area contributed by atoms with Gasteiger partial charge in [0.15, 0.2) is 0 Å². The second-order valence-corrected chi connectivity index (χ2v) is 4.08. The highest BCUT2D eigenvalue weighted by molar-refractivity contribution is 5.81. The van der Waals surface area contributed by atoms with Crippen LogP contribution in [0.3, 0.4) is 0 Å². The van der Waals surface area contributed by atoms with Gasteiger partial charge in [-0.3, -0.25) is 4.79 Å². The first-order valence-electron chi connectivity index (χ1n) is 5.63. The van der Waals surface area contributed by atoms with Gasteiger partial charge in [0.2, 0.25) is 5.91 Å². The third-order valence-corrected chi connectivity index (χ3v) is 2.48. The summed E-state index contributed by atoms with van der Waals surface area (Å²) >= 11 is 0. The van der Waals surface area contributed by atoms with Gasteiger partial charge in [-0.2, -0.15) is 0 Å². The van der Waals surface area contributed by atoms with Crippen molar-refractivity contribution in [2.45, 2.75) is 27.7 Å². The Morgan fingerprint density at radius 1 is 1.19 bits per heavy atom. The molecular formula is C13H20N2O. The van der Waals surface area contributed by atoms with Gasteiger partial charge >= 0.3 is 0 Å². The van der Waals surface area contributed by atoms with Gasteiger partial charge in [-0.15, -0.1) is 0 Å². The number of likely N-dealkylation sites (N-methyl/N-ethyl adjacent to an activating group) is 1. The first kappa shape index (κ1) is 12.6. The normalized spacial score (nSPS) is 10.0. The lowest BCUT2D eigenvalue weighted by Gasteiger charge is -2.13. The second-order valence-electron chi connectivity index (χ2n) is 4.08. The molecule has 1 amide bonds. The summed E-state index contributed by atoms with van der Waals surface area (Å²) in [7, 11) is 0. The highest BCUT2D eigenvalue weighted by Gasteiger charge is 2.05. The summed E-state index contributed by atoms with van der Waals surface area (Å²) in [6.07, 6.45) is 0. The van der Waals surface area contributed by atoms with E-state index in [1.54, 1.807) is 0 Å². The highest BCUT2D eigenvalue weighted by Crippen LogP contribution is 2.21. The quantitative estimate of drug-likeness (QED) is 0.816. The van der Waals surface area contributed by atoms with Crippen molar-refractivity contribution in [1.82, 2.24) is 5.32 Å². The monoisotopic (exact) mass is 220 g/mol. The first-order chi connectivity index (χ1) is 7.54. The molecule has 0 saturated carbocycles. The molecule has 0 unspecified atom stereocenters. The van der Waals surface area contributed by atoms with E-state index in [2.05, 4.69) is 43.5 Å². The van der Waals surface area contributed by atoms with E-state index < -0.39 is 0 Å². The molecule has 3 nitrogen and oxygen atoms in total. The maximum atomic E-state index is 11.3. The van der Waals surface area contributed by atoms with Crippen molar-refractivity contribution in [3.63, 3.8) is 0 Å². The lowest BCUT2D eigenvalue weighted by molar-refractivity contribution is -0.119. The fraction of sp³-hybridized carbons (Fsp3) is 0.462. The summed E-state index contributed by atoms with van der Waals surface area (Å²) in [6, 6.07) is 4.24. The van der Waals surface area contributed by atoms with Crippen LogP contribution in [0.2, 0.25) is 0 Å². The maximum absolute atomic E-state index is 11.3. The minimum absolute atomic E-state index is 0.0295. The average molecular weight is 220 g/mol. The van der Waals surface area contributed by atoms with Crippen molar-refractivity contribution in [3.05, 3.63) is 28.8 Å². The smallest absolute Gasteiger partial charge is 0.239 e. The molecule has 0 radical (unpaired) electrons. The van der Waals surface area contributed by atoms with Gasteiger partial charge in [-0.1, -0.05) is 17.7 Å². The SMILES string of the molecule is CCNC(=O)CNc1c(C)cc(C)cc1C. The van der Waals surface area contributed by atoms with Crippen LogP contribution >= 0.6 is 0 Å². The van der Waals surface area contributed by atoms with Crippen LogP contribution in [0.4, 0.5) is 5.69 Å². The van der Waals surface area contributed by atoms with Gasteiger partial charge in [-0.25, -0.2) is 0 Å². The lowest BCUT2D eigenvalue weighted by atomic mass is 10.1. The van der Waals surface area contributed by atoms with Crippen LogP contribution in [0.25, 0.3) is 0 Å². The first-order valence-corrected chi connectivity index (χ1v) is 5.63. The molecule has 0 aromatic heterocycles. The highest BCUT2D eigenvalue weighted by atomic mass is 16.1. The van der Waals surface area contributed by atoms with E-state index in [0.717, 1.165) is 5.69 Å². The van der Waals surface area contributed by atoms with Gasteiger partial charge in [0, 0.05) is 12.2 Å². The third-order valence-electron chi connectivity index (χ3n) is 2.48. The fourth-order valence-corrected chi connectivity index (χ4v) is 1.89. The van der Waals surface area contributed by atoms with Crippen LogP contribution in [0.1, 0.15) is 23.6 Å². The number of amides is 1. The van der Waals surface area contributed by atoms with Gasteiger partial charge in [-0.05, 0) is 38.8 Å². The molecule has 0 atom stereocenters. The van der Waals surface area contributed by atoms with E-state index in [1.807, 2.05) is 6.92 Å². The Morgan fingerprint density at radius 2 is 1.75 bits per heavy atom. The lowest BCUT2D eigenvalue weighted by Crippen LogP contribution is -2.29. The Labute approximate surface area is 97.2 Å². The zero-order chi connectivity index (χ0) is 12.1. The Kier molecular flexibility index (Phi) is 4.35. The minimum atomic E-state index is 0.0295. The van der Waals surface area contributed by atoms with Crippen LogP contribution in [0.5, 0.6) is 0 Å². The van der Waals surface area contributed by atoms with Crippen molar-refractivity contribution in [2.24, 2.45) is 0 Å². The van der Waals surface area contributed by atoms with Crippen LogP contribution in [0.15, 0.2) is 12.1 Å². The molecular weight excluding hydrogens is 200 g/mol. The molecule has 88 valence electrons. The summed E-state index contributed by atoms with van der Waals surface area (Å²) in [6.45, 7) is 9.11. The molecule has 0 fully saturated rings. The molecule has 1 aromatic carbocycles. The molecule has 1 aromatic rings. The zero-order valence-corrected chi connectivity index (χ0v) is 10.5. The Morgan fingerprint density at radius 3 is 2.25 bits per heavy atom. The number of carbonyl (C=O) groups excluding carboxylic acids is 1. The number of benzene rings is 1. The van der Waals surface area contributed by atoms with Crippen LogP contribution < -0.4 is 10.6 Å². The molecule has 1 rings (SSSR count). The largest absolute Gasteiger partial charge is 0.376 e. The predicted octanol–water partition coefficient (Wildman–Crippen LogP) is 2.16. The van der Waals surface area contributed by atoms with Crippen LogP contribution in [-0.2, 0) is 4.79 Å².